The minimum absolute atomic E-state index is 0.616. The smallest absolute Gasteiger partial charge is 0.203 e. The monoisotopic (exact) mass is 626 g/mol. The molecule has 8 nitrogen and oxygen atoms in total. The van der Waals surface area contributed by atoms with E-state index in [1.807, 2.05) is 18.2 Å². The van der Waals surface area contributed by atoms with Gasteiger partial charge in [0.05, 0.1) is 55.4 Å². The van der Waals surface area contributed by atoms with Gasteiger partial charge in [0.1, 0.15) is 19.8 Å². The first kappa shape index (κ1) is 42.4. The zero-order valence-electron chi connectivity index (χ0n) is 31.4. The van der Waals surface area contributed by atoms with Crippen LogP contribution in [0.25, 0.3) is 0 Å². The molecule has 0 amide bonds. The van der Waals surface area contributed by atoms with Gasteiger partial charge >= 0.3 is 0 Å². The maximum Gasteiger partial charge on any atom is 0.203 e. The normalized spacial score (nSPS) is 12.1. The first-order chi connectivity index (χ1) is 20.8. The molecule has 1 rings (SSSR count). The highest BCUT2D eigenvalue weighted by atomic mass is 16.5. The van der Waals surface area contributed by atoms with E-state index in [1.165, 1.54) is 38.8 Å². The van der Waals surface area contributed by atoms with Crippen LogP contribution in [-0.4, -0.2) is 158 Å². The third-order valence-electron chi connectivity index (χ3n) is 8.02. The largest absolute Gasteiger partial charge is 0.488 e. The number of benzene rings is 1. The van der Waals surface area contributed by atoms with Crippen molar-refractivity contribution in [3.05, 3.63) is 18.2 Å². The molecular formula is C36H75N5O3+2. The van der Waals surface area contributed by atoms with Crippen molar-refractivity contribution < 1.29 is 23.2 Å². The Balaban J connectivity index is 0.00000111. The van der Waals surface area contributed by atoms with E-state index in [9.17, 15) is 0 Å². The third kappa shape index (κ3) is 22.0. The molecule has 0 heterocycles. The first-order valence-corrected chi connectivity index (χ1v) is 17.6. The number of unbranched alkanes of at least 4 members (excludes halogenated alkanes) is 3. The average Bonchev–Trinajstić information content (AvgIpc) is 2.97. The number of nitrogens with zero attached hydrogens (tertiary/aromatic N) is 5. The Labute approximate surface area is 274 Å². The van der Waals surface area contributed by atoms with Gasteiger partial charge in [-0.25, -0.2) is 0 Å². The van der Waals surface area contributed by atoms with Crippen LogP contribution in [0.4, 0.5) is 0 Å². The number of hydrogen-bond donors (Lipinski definition) is 0. The summed E-state index contributed by atoms with van der Waals surface area (Å²) in [5, 5.41) is 0. The molecule has 0 radical (unpaired) electrons. The summed E-state index contributed by atoms with van der Waals surface area (Å²) in [5.41, 5.74) is 0. The van der Waals surface area contributed by atoms with Crippen molar-refractivity contribution in [3.63, 3.8) is 0 Å². The highest BCUT2D eigenvalue weighted by molar-refractivity contribution is 5.51. The van der Waals surface area contributed by atoms with Gasteiger partial charge in [-0.05, 0) is 77.1 Å². The topological polar surface area (TPSA) is 37.4 Å². The van der Waals surface area contributed by atoms with Gasteiger partial charge in [0, 0.05) is 19.6 Å². The second-order valence-electron chi connectivity index (χ2n) is 13.7. The quantitative estimate of drug-likeness (QED) is 0.101. The van der Waals surface area contributed by atoms with Gasteiger partial charge in [-0.15, -0.1) is 0 Å². The molecule has 0 atom stereocenters. The molecule has 0 spiro atoms. The molecule has 0 unspecified atom stereocenters. The van der Waals surface area contributed by atoms with Crippen LogP contribution in [0.3, 0.4) is 0 Å². The minimum Gasteiger partial charge on any atom is -0.488 e. The number of likely N-dealkylation sites (N-methyl/N-ethyl adjacent to an activating group) is 3. The van der Waals surface area contributed by atoms with Crippen molar-refractivity contribution in [1.82, 2.24) is 14.7 Å². The molecule has 44 heavy (non-hydrogen) atoms. The van der Waals surface area contributed by atoms with E-state index in [1.54, 1.807) is 0 Å². The van der Waals surface area contributed by atoms with E-state index in [0.29, 0.717) is 19.8 Å². The Morgan fingerprint density at radius 3 is 1.09 bits per heavy atom. The predicted octanol–water partition coefficient (Wildman–Crippen LogP) is 5.81. The van der Waals surface area contributed by atoms with Crippen molar-refractivity contribution in [3.8, 4) is 17.2 Å². The molecule has 0 saturated heterocycles. The lowest BCUT2D eigenvalue weighted by molar-refractivity contribution is -0.871. The molecule has 0 bridgehead atoms. The Hall–Kier alpha value is -1.58. The zero-order chi connectivity index (χ0) is 33.4. The summed E-state index contributed by atoms with van der Waals surface area (Å²) in [6.07, 6.45) is 5.55. The fraction of sp³-hybridized carbons (Fsp3) is 0.833. The molecule has 260 valence electrons. The summed E-state index contributed by atoms with van der Waals surface area (Å²) in [7, 11) is 13.6. The maximum atomic E-state index is 6.20. The fourth-order valence-electron chi connectivity index (χ4n) is 4.86. The molecule has 0 fully saturated rings. The number of rotatable bonds is 25. The van der Waals surface area contributed by atoms with E-state index < -0.39 is 0 Å². The van der Waals surface area contributed by atoms with Gasteiger partial charge in [0.15, 0.2) is 11.5 Å². The highest BCUT2D eigenvalue weighted by Crippen LogP contribution is 2.37. The molecule has 0 saturated carbocycles. The van der Waals surface area contributed by atoms with Crippen LogP contribution in [0.2, 0.25) is 0 Å². The minimum atomic E-state index is 0.616. The number of ether oxygens (including phenoxy) is 3. The molecule has 0 aromatic heterocycles. The van der Waals surface area contributed by atoms with E-state index in [-0.39, 0.29) is 0 Å². The second-order valence-corrected chi connectivity index (χ2v) is 13.7. The molecule has 0 N–H and O–H groups in total. The molecular weight excluding hydrogens is 550 g/mol. The molecule has 0 aliphatic carbocycles. The van der Waals surface area contributed by atoms with Crippen LogP contribution in [0.1, 0.15) is 67.2 Å². The number of para-hydroxylation sites is 1. The standard InChI is InChI=1S/C24H45N3O3.C12H30N2/c1-7-25(8-2)16-19-28-22-14-13-15-23(29-20-17-26(9-3)10-4)24(22)30-21-18-27(11-5)12-6;1-13(2,3)11-9-7-8-10-12-14(4,5)6/h13-15H,7-12,16-21H2,1-6H3;7-12H2,1-6H3/q;+2. The summed E-state index contributed by atoms with van der Waals surface area (Å²) in [5.74, 6) is 2.26. The summed E-state index contributed by atoms with van der Waals surface area (Å²) in [4.78, 5) is 7.06. The first-order valence-electron chi connectivity index (χ1n) is 17.6. The lowest BCUT2D eigenvalue weighted by Gasteiger charge is -2.25. The van der Waals surface area contributed by atoms with Crippen LogP contribution in [0.5, 0.6) is 17.2 Å². The van der Waals surface area contributed by atoms with Gasteiger partial charge in [-0.3, -0.25) is 0 Å². The predicted molar refractivity (Wildman–Crippen MR) is 191 cm³/mol. The summed E-state index contributed by atoms with van der Waals surface area (Å²) in [6, 6.07) is 5.94. The summed E-state index contributed by atoms with van der Waals surface area (Å²) < 4.78 is 20.7. The van der Waals surface area contributed by atoms with Crippen molar-refractivity contribution >= 4 is 0 Å². The van der Waals surface area contributed by atoms with Gasteiger partial charge in [0.2, 0.25) is 5.75 Å². The summed E-state index contributed by atoms with van der Waals surface area (Å²) >= 11 is 0. The lowest BCUT2D eigenvalue weighted by atomic mass is 10.1. The Kier molecular flexibility index (Phi) is 23.7. The lowest BCUT2D eigenvalue weighted by Crippen LogP contribution is -2.35. The van der Waals surface area contributed by atoms with E-state index >= 15 is 0 Å². The van der Waals surface area contributed by atoms with Crippen LogP contribution in [0, 0.1) is 0 Å². The van der Waals surface area contributed by atoms with Crippen molar-refractivity contribution in [2.24, 2.45) is 0 Å². The van der Waals surface area contributed by atoms with Crippen molar-refractivity contribution in [2.75, 3.05) is 134 Å². The van der Waals surface area contributed by atoms with Crippen LogP contribution in [0.15, 0.2) is 18.2 Å². The van der Waals surface area contributed by atoms with Crippen molar-refractivity contribution in [1.29, 1.82) is 0 Å². The molecule has 8 heteroatoms. The number of quaternary nitrogens is 2. The molecule has 0 aliphatic rings. The maximum absolute atomic E-state index is 6.20. The molecule has 0 aliphatic heterocycles. The van der Waals surface area contributed by atoms with Gasteiger partial charge in [-0.1, -0.05) is 47.6 Å². The highest BCUT2D eigenvalue weighted by Gasteiger charge is 2.15. The van der Waals surface area contributed by atoms with Gasteiger partial charge < -0.3 is 37.9 Å². The average molecular weight is 626 g/mol. The van der Waals surface area contributed by atoms with Crippen LogP contribution in [-0.2, 0) is 0 Å². The van der Waals surface area contributed by atoms with E-state index in [4.69, 9.17) is 14.2 Å². The van der Waals surface area contributed by atoms with Crippen LogP contribution < -0.4 is 14.2 Å². The molecule has 1 aromatic carbocycles. The Morgan fingerprint density at radius 2 is 0.795 bits per heavy atom. The van der Waals surface area contributed by atoms with Crippen molar-refractivity contribution in [2.45, 2.75) is 67.2 Å². The van der Waals surface area contributed by atoms with Gasteiger partial charge in [0.25, 0.3) is 0 Å². The Bertz CT molecular complexity index is 744. The van der Waals surface area contributed by atoms with Crippen LogP contribution >= 0.6 is 0 Å². The fourth-order valence-corrected chi connectivity index (χ4v) is 4.86. The van der Waals surface area contributed by atoms with E-state index in [2.05, 4.69) is 98.5 Å². The Morgan fingerprint density at radius 1 is 0.477 bits per heavy atom. The molecule has 1 aromatic rings. The number of hydrogen-bond acceptors (Lipinski definition) is 6. The summed E-state index contributed by atoms with van der Waals surface area (Å²) in [6.45, 7) is 26.4. The second kappa shape index (κ2) is 24.6. The SMILES string of the molecule is CCN(CC)CCOc1cccc(OCCN(CC)CC)c1OCCN(CC)CC.C[N+](C)(C)CCCCCC[N+](C)(C)C. The zero-order valence-corrected chi connectivity index (χ0v) is 31.4. The van der Waals surface area contributed by atoms with E-state index in [0.717, 1.165) is 85.1 Å². The van der Waals surface area contributed by atoms with Gasteiger partial charge in [-0.2, -0.15) is 0 Å². The third-order valence-corrected chi connectivity index (χ3v) is 8.02.